The molecule has 2 aromatic heterocycles. The summed E-state index contributed by atoms with van der Waals surface area (Å²) in [5.74, 6) is 1.87. The van der Waals surface area contributed by atoms with Gasteiger partial charge in [0.2, 0.25) is 5.91 Å². The largest absolute Gasteiger partial charge is 0.495 e. The van der Waals surface area contributed by atoms with Crippen molar-refractivity contribution in [1.82, 2.24) is 14.9 Å². The Morgan fingerprint density at radius 1 is 1.16 bits per heavy atom. The number of aromatic nitrogens is 2. The molecule has 2 fully saturated rings. The van der Waals surface area contributed by atoms with E-state index in [2.05, 4.69) is 22.2 Å². The second-order valence-corrected chi connectivity index (χ2v) is 11.5. The Labute approximate surface area is 260 Å². The van der Waals surface area contributed by atoms with Gasteiger partial charge in [0.05, 0.1) is 42.1 Å². The van der Waals surface area contributed by atoms with Gasteiger partial charge in [0, 0.05) is 74.1 Å². The van der Waals surface area contributed by atoms with Crippen LogP contribution in [0.4, 0.5) is 11.6 Å². The van der Waals surface area contributed by atoms with E-state index in [0.717, 1.165) is 30.2 Å². The lowest BCUT2D eigenvalue weighted by atomic mass is 9.97. The molecule has 10 nitrogen and oxygen atoms in total. The Morgan fingerprint density at radius 2 is 1.91 bits per heavy atom. The summed E-state index contributed by atoms with van der Waals surface area (Å²) in [4.78, 5) is 35.7. The molecule has 2 N–H and O–H groups in total. The molecule has 0 bridgehead atoms. The van der Waals surface area contributed by atoms with Gasteiger partial charge in [-0.15, -0.1) is 0 Å². The summed E-state index contributed by atoms with van der Waals surface area (Å²) in [7, 11) is 3.05. The molecular weight excluding hydrogens is 593 g/mol. The fourth-order valence-corrected chi connectivity index (χ4v) is 6.34. The number of allylic oxidation sites excluding steroid dienone is 1. The number of ether oxygens (including phenoxy) is 3. The molecule has 0 aliphatic carbocycles. The SMILES string of the molecule is C=CC(=O)C[C@H]1CN(C(C)=O)C[C@H]1Nc1cc2c(NCC3CCCO3)nc(-c3c(Cl)c(OC)cc(OC)c3Cl)cc2cn1. The first-order valence-corrected chi connectivity index (χ1v) is 14.9. The van der Waals surface area contributed by atoms with Crippen molar-refractivity contribution >= 4 is 57.3 Å². The quantitative estimate of drug-likeness (QED) is 0.261. The maximum Gasteiger partial charge on any atom is 0.219 e. The molecule has 228 valence electrons. The lowest BCUT2D eigenvalue weighted by Gasteiger charge is -2.20. The van der Waals surface area contributed by atoms with Crippen LogP contribution in [0.5, 0.6) is 11.5 Å². The molecule has 0 radical (unpaired) electrons. The van der Waals surface area contributed by atoms with Gasteiger partial charge in [-0.2, -0.15) is 0 Å². The lowest BCUT2D eigenvalue weighted by Crippen LogP contribution is -2.31. The Hall–Kier alpha value is -3.60. The topological polar surface area (TPSA) is 115 Å². The highest BCUT2D eigenvalue weighted by atomic mass is 35.5. The van der Waals surface area contributed by atoms with Crippen LogP contribution in [0.25, 0.3) is 22.0 Å². The molecule has 3 atom stereocenters. The van der Waals surface area contributed by atoms with Crippen LogP contribution in [0.1, 0.15) is 26.2 Å². The number of benzene rings is 1. The van der Waals surface area contributed by atoms with Crippen LogP contribution in [-0.2, 0) is 14.3 Å². The molecular formula is C31H35Cl2N5O5. The number of hydrogen-bond donors (Lipinski definition) is 2. The number of likely N-dealkylation sites (tertiary alicyclic amines) is 1. The zero-order valence-corrected chi connectivity index (χ0v) is 25.9. The average Bonchev–Trinajstić information content (AvgIpc) is 3.66. The van der Waals surface area contributed by atoms with Crippen LogP contribution in [-0.4, -0.2) is 79.2 Å². The minimum absolute atomic E-state index is 0.0318. The van der Waals surface area contributed by atoms with E-state index in [9.17, 15) is 9.59 Å². The predicted molar refractivity (Wildman–Crippen MR) is 169 cm³/mol. The maximum absolute atomic E-state index is 12.2. The van der Waals surface area contributed by atoms with Crippen molar-refractivity contribution in [2.45, 2.75) is 38.3 Å². The number of nitrogens with zero attached hydrogens (tertiary/aromatic N) is 3. The summed E-state index contributed by atoms with van der Waals surface area (Å²) in [5.41, 5.74) is 1.00. The molecule has 2 aliphatic heterocycles. The van der Waals surface area contributed by atoms with Crippen LogP contribution in [0.3, 0.4) is 0 Å². The fraction of sp³-hybridized carbons (Fsp3) is 0.419. The van der Waals surface area contributed by atoms with Crippen molar-refractivity contribution < 1.29 is 23.8 Å². The minimum Gasteiger partial charge on any atom is -0.495 e. The first kappa shape index (κ1) is 30.8. The number of amides is 1. The first-order valence-electron chi connectivity index (χ1n) is 14.2. The van der Waals surface area contributed by atoms with Gasteiger partial charge < -0.3 is 29.7 Å². The zero-order chi connectivity index (χ0) is 30.7. The van der Waals surface area contributed by atoms with Crippen LogP contribution < -0.4 is 20.1 Å². The van der Waals surface area contributed by atoms with E-state index in [-0.39, 0.29) is 29.8 Å². The Bertz CT molecular complexity index is 1520. The van der Waals surface area contributed by atoms with Crippen molar-refractivity contribution in [3.05, 3.63) is 47.1 Å². The number of carbonyl (C=O) groups excluding carboxylic acids is 2. The van der Waals surface area contributed by atoms with Gasteiger partial charge in [0.25, 0.3) is 0 Å². The molecule has 2 saturated heterocycles. The first-order chi connectivity index (χ1) is 20.7. The molecule has 43 heavy (non-hydrogen) atoms. The number of ketones is 1. The number of pyridine rings is 2. The van der Waals surface area contributed by atoms with E-state index in [4.69, 9.17) is 42.4 Å². The van der Waals surface area contributed by atoms with Gasteiger partial charge >= 0.3 is 0 Å². The Morgan fingerprint density at radius 3 is 2.53 bits per heavy atom. The van der Waals surface area contributed by atoms with E-state index in [1.165, 1.54) is 27.2 Å². The molecule has 0 saturated carbocycles. The molecule has 5 rings (SSSR count). The second kappa shape index (κ2) is 13.4. The minimum atomic E-state index is -0.157. The van der Waals surface area contributed by atoms with E-state index in [1.807, 2.05) is 12.1 Å². The van der Waals surface area contributed by atoms with Crippen LogP contribution in [0.15, 0.2) is 37.1 Å². The standard InChI is InChI=1S/C31H35Cl2N5O5/c1-5-20(40)9-19-15-38(17(2)39)16-24(19)36-27-11-22-18(13-34-27)10-23(37-31(22)35-14-21-7-6-8-43-21)28-29(32)25(41-3)12-26(42-4)30(28)33/h5,10-13,19,21,24H,1,6-9,14-16H2,2-4H3,(H,34,36)(H,35,37)/t19-,21?,24+/m0/s1. The van der Waals surface area contributed by atoms with E-state index in [0.29, 0.717) is 70.5 Å². The zero-order valence-electron chi connectivity index (χ0n) is 24.4. The highest BCUT2D eigenvalue weighted by Gasteiger charge is 2.35. The fourth-order valence-electron chi connectivity index (χ4n) is 5.64. The number of fused-ring (bicyclic) bond motifs is 1. The van der Waals surface area contributed by atoms with E-state index >= 15 is 0 Å². The number of hydrogen-bond acceptors (Lipinski definition) is 9. The highest BCUT2D eigenvalue weighted by molar-refractivity contribution is 6.41. The maximum atomic E-state index is 12.2. The summed E-state index contributed by atoms with van der Waals surface area (Å²) in [6.07, 6.45) is 5.42. The third kappa shape index (κ3) is 6.66. The van der Waals surface area contributed by atoms with Crippen molar-refractivity contribution in [3.63, 3.8) is 0 Å². The number of methoxy groups -OCH3 is 2. The molecule has 1 amide bonds. The van der Waals surface area contributed by atoms with Crippen molar-refractivity contribution in [1.29, 1.82) is 0 Å². The van der Waals surface area contributed by atoms with Crippen molar-refractivity contribution in [2.24, 2.45) is 5.92 Å². The third-order valence-electron chi connectivity index (χ3n) is 7.98. The number of anilines is 2. The highest BCUT2D eigenvalue weighted by Crippen LogP contribution is 2.46. The van der Waals surface area contributed by atoms with Gasteiger partial charge in [-0.1, -0.05) is 29.8 Å². The number of rotatable bonds is 11. The monoisotopic (exact) mass is 627 g/mol. The molecule has 1 unspecified atom stereocenters. The summed E-state index contributed by atoms with van der Waals surface area (Å²) in [5, 5.41) is 9.19. The molecule has 2 aliphatic rings. The Kier molecular flexibility index (Phi) is 9.59. The van der Waals surface area contributed by atoms with Gasteiger partial charge in [0.1, 0.15) is 23.1 Å². The number of nitrogens with one attached hydrogen (secondary N) is 2. The van der Waals surface area contributed by atoms with Gasteiger partial charge in [-0.25, -0.2) is 9.97 Å². The second-order valence-electron chi connectivity index (χ2n) is 10.8. The summed E-state index contributed by atoms with van der Waals surface area (Å²) >= 11 is 13.5. The normalized spacial score (nSPS) is 19.8. The summed E-state index contributed by atoms with van der Waals surface area (Å²) in [6, 6.07) is 5.27. The molecule has 0 spiro atoms. The van der Waals surface area contributed by atoms with Gasteiger partial charge in [0.15, 0.2) is 5.78 Å². The van der Waals surface area contributed by atoms with Crippen LogP contribution >= 0.6 is 23.2 Å². The molecule has 3 aromatic rings. The van der Waals surface area contributed by atoms with Gasteiger partial charge in [-0.05, 0) is 31.1 Å². The lowest BCUT2D eigenvalue weighted by molar-refractivity contribution is -0.128. The summed E-state index contributed by atoms with van der Waals surface area (Å²) in [6.45, 7) is 7.41. The van der Waals surface area contributed by atoms with Crippen molar-refractivity contribution in [3.8, 4) is 22.8 Å². The number of halogens is 2. The van der Waals surface area contributed by atoms with Crippen molar-refractivity contribution in [2.75, 3.05) is 51.1 Å². The average molecular weight is 629 g/mol. The van der Waals surface area contributed by atoms with Crippen LogP contribution in [0, 0.1) is 5.92 Å². The predicted octanol–water partition coefficient (Wildman–Crippen LogP) is 5.62. The Balaban J connectivity index is 1.54. The van der Waals surface area contributed by atoms with Gasteiger partial charge in [-0.3, -0.25) is 9.59 Å². The van der Waals surface area contributed by atoms with E-state index in [1.54, 1.807) is 17.2 Å². The van der Waals surface area contributed by atoms with Crippen LogP contribution in [0.2, 0.25) is 10.0 Å². The number of carbonyl (C=O) groups is 2. The third-order valence-corrected chi connectivity index (χ3v) is 8.73. The molecule has 1 aromatic carbocycles. The smallest absolute Gasteiger partial charge is 0.219 e. The molecule has 12 heteroatoms. The summed E-state index contributed by atoms with van der Waals surface area (Å²) < 4.78 is 16.8. The molecule has 4 heterocycles. The van der Waals surface area contributed by atoms with E-state index < -0.39 is 0 Å².